The summed E-state index contributed by atoms with van der Waals surface area (Å²) in [6.45, 7) is 7.62. The summed E-state index contributed by atoms with van der Waals surface area (Å²) in [5.74, 6) is 1.75. The van der Waals surface area contributed by atoms with Crippen LogP contribution in [0.3, 0.4) is 0 Å². The quantitative estimate of drug-likeness (QED) is 0.109. The fourth-order valence-electron chi connectivity index (χ4n) is 4.85. The first-order valence-electron chi connectivity index (χ1n) is 12.3. The largest absolute Gasteiger partial charge is 0.298 e. The molecule has 2 amide bonds. The van der Waals surface area contributed by atoms with Gasteiger partial charge in [-0.2, -0.15) is 0 Å². The van der Waals surface area contributed by atoms with E-state index in [1.807, 2.05) is 64.1 Å². The number of hydrogen-bond donors (Lipinski definition) is 4. The van der Waals surface area contributed by atoms with Crippen LogP contribution >= 0.6 is 0 Å². The van der Waals surface area contributed by atoms with Crippen molar-refractivity contribution in [2.24, 2.45) is 23.1 Å². The second kappa shape index (κ2) is 13.7. The molecule has 194 valence electrons. The second-order valence-electron chi connectivity index (χ2n) is 9.63. The fourth-order valence-corrected chi connectivity index (χ4v) is 4.85. The predicted molar refractivity (Wildman–Crippen MR) is 139 cm³/mol. The number of hydrogen-bond acceptors (Lipinski definition) is 6. The van der Waals surface area contributed by atoms with Crippen molar-refractivity contribution in [2.45, 2.75) is 59.3 Å². The number of pyridine rings is 1. The maximum Gasteiger partial charge on any atom is 0.247 e. The van der Waals surface area contributed by atoms with E-state index in [1.165, 1.54) is 0 Å². The molecule has 0 saturated carbocycles. The van der Waals surface area contributed by atoms with Crippen molar-refractivity contribution in [1.82, 2.24) is 15.9 Å². The highest BCUT2D eigenvalue weighted by Gasteiger charge is 2.51. The summed E-state index contributed by atoms with van der Waals surface area (Å²) in [6.07, 6.45) is 6.44. The Kier molecular flexibility index (Phi) is 11.0. The molecular formula is C28H38N4O4. The minimum Gasteiger partial charge on any atom is -0.298 e. The number of carbonyl (C=O) groups is 3. The number of aromatic nitrogens is 1. The van der Waals surface area contributed by atoms with Gasteiger partial charge in [0, 0.05) is 6.20 Å². The zero-order chi connectivity index (χ0) is 26.7. The Hall–Kier alpha value is -3.36. The molecule has 1 heterocycles. The summed E-state index contributed by atoms with van der Waals surface area (Å²) in [5.41, 5.74) is 4.62. The summed E-state index contributed by atoms with van der Waals surface area (Å²) >= 11 is 0. The van der Waals surface area contributed by atoms with Gasteiger partial charge in [0.2, 0.25) is 11.8 Å². The zero-order valence-electron chi connectivity index (χ0n) is 21.5. The number of aryl methyl sites for hydroxylation is 1. The summed E-state index contributed by atoms with van der Waals surface area (Å²) in [4.78, 5) is 45.1. The summed E-state index contributed by atoms with van der Waals surface area (Å²) in [5, 5.41) is 9.61. The Balaban J connectivity index is 2.67. The molecule has 0 fully saturated rings. The maximum atomic E-state index is 14.5. The first-order valence-corrected chi connectivity index (χ1v) is 12.3. The fraction of sp³-hybridized carbons (Fsp3) is 0.429. The molecule has 3 atom stereocenters. The van der Waals surface area contributed by atoms with Crippen molar-refractivity contribution in [3.63, 3.8) is 0 Å². The van der Waals surface area contributed by atoms with E-state index in [2.05, 4.69) is 10.4 Å². The van der Waals surface area contributed by atoms with Gasteiger partial charge >= 0.3 is 0 Å². The molecule has 8 heteroatoms. The van der Waals surface area contributed by atoms with Crippen LogP contribution in [0.25, 0.3) is 6.08 Å². The molecule has 0 radical (unpaired) electrons. The summed E-state index contributed by atoms with van der Waals surface area (Å²) in [7, 11) is 0. The second-order valence-corrected chi connectivity index (χ2v) is 9.63. The monoisotopic (exact) mass is 494 g/mol. The average molecular weight is 495 g/mol. The van der Waals surface area contributed by atoms with Crippen molar-refractivity contribution < 1.29 is 19.6 Å². The highest BCUT2D eigenvalue weighted by molar-refractivity contribution is 6.09. The molecule has 36 heavy (non-hydrogen) atoms. The number of rotatable bonds is 13. The van der Waals surface area contributed by atoms with Gasteiger partial charge in [0.05, 0.1) is 17.5 Å². The number of nitrogens with two attached hydrogens (primary N) is 1. The smallest absolute Gasteiger partial charge is 0.247 e. The lowest BCUT2D eigenvalue weighted by Gasteiger charge is -2.36. The highest BCUT2D eigenvalue weighted by Crippen LogP contribution is 2.42. The lowest BCUT2D eigenvalue weighted by Crippen LogP contribution is -2.53. The molecule has 0 aliphatic heterocycles. The van der Waals surface area contributed by atoms with Gasteiger partial charge in [-0.25, -0.2) is 11.3 Å². The number of nitrogens with zero attached hydrogens (tertiary/aromatic N) is 1. The Morgan fingerprint density at radius 3 is 2.42 bits per heavy atom. The van der Waals surface area contributed by atoms with E-state index >= 15 is 0 Å². The molecule has 5 N–H and O–H groups in total. The van der Waals surface area contributed by atoms with E-state index < -0.39 is 34.8 Å². The van der Waals surface area contributed by atoms with E-state index in [1.54, 1.807) is 29.9 Å². The number of hydroxylamine groups is 1. The topological polar surface area (TPSA) is 134 Å². The van der Waals surface area contributed by atoms with Crippen LogP contribution in [0.4, 0.5) is 0 Å². The molecule has 8 nitrogen and oxygen atoms in total. The molecular weight excluding hydrogens is 456 g/mol. The molecule has 2 aromatic rings. The van der Waals surface area contributed by atoms with Crippen molar-refractivity contribution in [2.75, 3.05) is 0 Å². The average Bonchev–Trinajstić information content (AvgIpc) is 2.87. The first kappa shape index (κ1) is 28.9. The molecule has 1 aromatic heterocycles. The molecule has 0 spiro atoms. The van der Waals surface area contributed by atoms with Gasteiger partial charge < -0.3 is 0 Å². The predicted octanol–water partition coefficient (Wildman–Crippen LogP) is 4.09. The summed E-state index contributed by atoms with van der Waals surface area (Å²) in [6, 6.07) is 13.1. The van der Waals surface area contributed by atoms with E-state index in [0.29, 0.717) is 12.1 Å². The van der Waals surface area contributed by atoms with Crippen LogP contribution in [-0.2, 0) is 14.4 Å². The molecule has 0 bridgehead atoms. The third-order valence-corrected chi connectivity index (χ3v) is 6.36. The minimum atomic E-state index is -1.45. The number of hydrazine groups is 1. The van der Waals surface area contributed by atoms with Gasteiger partial charge in [-0.05, 0) is 55.4 Å². The Morgan fingerprint density at radius 1 is 1.17 bits per heavy atom. The van der Waals surface area contributed by atoms with Crippen molar-refractivity contribution >= 4 is 23.7 Å². The van der Waals surface area contributed by atoms with Crippen LogP contribution in [0.1, 0.15) is 69.2 Å². The van der Waals surface area contributed by atoms with Gasteiger partial charge in [-0.3, -0.25) is 30.0 Å². The van der Waals surface area contributed by atoms with E-state index in [-0.39, 0.29) is 25.2 Å². The van der Waals surface area contributed by atoms with E-state index in [0.717, 1.165) is 11.1 Å². The Bertz CT molecular complexity index is 1050. The van der Waals surface area contributed by atoms with Gasteiger partial charge in [0.1, 0.15) is 5.41 Å². The van der Waals surface area contributed by atoms with Gasteiger partial charge in [-0.1, -0.05) is 69.7 Å². The Morgan fingerprint density at radius 2 is 1.86 bits per heavy atom. The molecule has 0 aliphatic carbocycles. The number of nitrogens with one attached hydrogen (secondary N) is 2. The van der Waals surface area contributed by atoms with Crippen LogP contribution in [0.5, 0.6) is 0 Å². The third kappa shape index (κ3) is 7.08. The maximum absolute atomic E-state index is 14.5. The van der Waals surface area contributed by atoms with Gasteiger partial charge in [0.15, 0.2) is 5.78 Å². The van der Waals surface area contributed by atoms with E-state index in [9.17, 15) is 19.6 Å². The lowest BCUT2D eigenvalue weighted by atomic mass is 9.65. The molecule has 0 aliphatic rings. The number of benzene rings is 1. The van der Waals surface area contributed by atoms with Gasteiger partial charge in [-0.15, -0.1) is 0 Å². The standard InChI is InChI=1S/C28H38N4O4/c1-5-15-28(18-19(2)3,27(35)31-29)25(33)24(23-17-20(4)14-16-30-23)22(26(34)32-36)13-9-12-21-10-7-6-8-11-21/h6-12,14,16-17,19,22,24,36H,5,13,15,18,29H2,1-4H3,(H,31,35)(H,32,34)/b12-9+/t22-,24+,28?/m0/s1. The number of Topliss-reactive ketones (excluding diaryl/α,β-unsaturated/α-hetero) is 1. The van der Waals surface area contributed by atoms with Crippen molar-refractivity contribution in [1.29, 1.82) is 0 Å². The molecule has 0 saturated heterocycles. The first-order chi connectivity index (χ1) is 17.2. The third-order valence-electron chi connectivity index (χ3n) is 6.36. The molecule has 1 unspecified atom stereocenters. The SMILES string of the molecule is CCCC(CC(C)C)(C(=O)NN)C(=O)[C@@H](c1cc(C)ccn1)[C@H](C/C=C/c1ccccc1)C(=O)NO. The minimum absolute atomic E-state index is 0.00649. The lowest BCUT2D eigenvalue weighted by molar-refractivity contribution is -0.148. The highest BCUT2D eigenvalue weighted by atomic mass is 16.5. The normalized spacial score (nSPS) is 14.8. The van der Waals surface area contributed by atoms with E-state index in [4.69, 9.17) is 5.84 Å². The number of amides is 2. The Labute approximate surface area is 213 Å². The number of allylic oxidation sites excluding steroid dienone is 1. The van der Waals surface area contributed by atoms with Crippen LogP contribution < -0.4 is 16.7 Å². The summed E-state index contributed by atoms with van der Waals surface area (Å²) < 4.78 is 0. The van der Waals surface area contributed by atoms with Crippen LogP contribution in [-0.4, -0.2) is 27.8 Å². The van der Waals surface area contributed by atoms with Crippen LogP contribution in [0.15, 0.2) is 54.7 Å². The van der Waals surface area contributed by atoms with Crippen molar-refractivity contribution in [3.8, 4) is 0 Å². The number of ketones is 1. The zero-order valence-corrected chi connectivity index (χ0v) is 21.5. The van der Waals surface area contributed by atoms with Crippen LogP contribution in [0, 0.1) is 24.2 Å². The van der Waals surface area contributed by atoms with Crippen molar-refractivity contribution in [3.05, 3.63) is 71.6 Å². The number of carbonyl (C=O) groups excluding carboxylic acids is 3. The molecule has 1 aromatic carbocycles. The molecule has 2 rings (SSSR count). The van der Waals surface area contributed by atoms with Gasteiger partial charge in [0.25, 0.3) is 0 Å². The van der Waals surface area contributed by atoms with Crippen LogP contribution in [0.2, 0.25) is 0 Å².